The Morgan fingerprint density at radius 3 is 2.59 bits per heavy atom. The van der Waals surface area contributed by atoms with E-state index in [0.29, 0.717) is 37.9 Å². The molecule has 0 saturated carbocycles. The molecule has 0 unspecified atom stereocenters. The molecular formula is C29H41NO6S. The van der Waals surface area contributed by atoms with Gasteiger partial charge in [-0.05, 0) is 74.5 Å². The maximum absolute atomic E-state index is 13.0. The van der Waals surface area contributed by atoms with Crippen molar-refractivity contribution < 1.29 is 28.9 Å². The summed E-state index contributed by atoms with van der Waals surface area (Å²) in [5.74, 6) is 0.463. The number of unbranched alkanes of at least 4 members (excludes halogenated alkanes) is 1. The zero-order valence-corrected chi connectivity index (χ0v) is 23.0. The van der Waals surface area contributed by atoms with E-state index in [1.165, 1.54) is 7.11 Å². The molecule has 8 heteroatoms. The molecule has 0 aromatic heterocycles. The standard InChI is InChI=1S/C29H41NO6S/c1-5-6-7-8-21(2)17-24(23-13-15-36-16-14-23)18-29(35-4,27(31)32)26-20-37-28(33)30(26)19-22-9-11-25(34-3)12-10-22/h5,9-12,23-24,26H,1-2,6-8,13-20H2,3-4H3,(H,31,32)/t24-,26+,29-/m1/s1. The third kappa shape index (κ3) is 7.39. The SMILES string of the molecule is C=CCCCC(=C)C[C@H](C[C@](OC)(C(=O)O)[C@@H]1CSC(=O)N1Cc1ccc(OC)cc1)C1CCOCC1. The maximum atomic E-state index is 13.0. The van der Waals surface area contributed by atoms with E-state index in [-0.39, 0.29) is 11.2 Å². The van der Waals surface area contributed by atoms with E-state index in [1.807, 2.05) is 30.3 Å². The van der Waals surface area contributed by atoms with E-state index in [1.54, 1.807) is 12.0 Å². The summed E-state index contributed by atoms with van der Waals surface area (Å²) >= 11 is 1.16. The number of thioether (sulfide) groups is 1. The minimum Gasteiger partial charge on any atom is -0.497 e. The average Bonchev–Trinajstić information content (AvgIpc) is 3.27. The molecule has 7 nitrogen and oxygen atoms in total. The molecule has 2 fully saturated rings. The Balaban J connectivity index is 1.87. The van der Waals surface area contributed by atoms with Gasteiger partial charge in [0.05, 0.1) is 13.2 Å². The summed E-state index contributed by atoms with van der Waals surface area (Å²) in [6.07, 6.45) is 7.56. The molecule has 3 rings (SSSR count). The number of rotatable bonds is 15. The molecule has 0 spiro atoms. The maximum Gasteiger partial charge on any atom is 0.338 e. The fourth-order valence-corrected chi connectivity index (χ4v) is 6.67. The summed E-state index contributed by atoms with van der Waals surface area (Å²) < 4.78 is 16.8. The van der Waals surface area contributed by atoms with Crippen LogP contribution in [0.4, 0.5) is 4.79 Å². The van der Waals surface area contributed by atoms with E-state index in [0.717, 1.165) is 67.2 Å². The summed E-state index contributed by atoms with van der Waals surface area (Å²) in [5.41, 5.74) is 0.519. The van der Waals surface area contributed by atoms with Crippen LogP contribution in [-0.4, -0.2) is 66.0 Å². The van der Waals surface area contributed by atoms with E-state index < -0.39 is 17.6 Å². The topological polar surface area (TPSA) is 85.3 Å². The van der Waals surface area contributed by atoms with Gasteiger partial charge >= 0.3 is 5.97 Å². The van der Waals surface area contributed by atoms with Gasteiger partial charge in [0.2, 0.25) is 0 Å². The van der Waals surface area contributed by atoms with E-state index >= 15 is 0 Å². The Morgan fingerprint density at radius 2 is 2.00 bits per heavy atom. The first-order valence-electron chi connectivity index (χ1n) is 13.0. The number of methoxy groups -OCH3 is 2. The Labute approximate surface area is 225 Å². The van der Waals surface area contributed by atoms with Gasteiger partial charge in [-0.2, -0.15) is 0 Å². The molecule has 1 aromatic carbocycles. The van der Waals surface area contributed by atoms with Gasteiger partial charge in [0.15, 0.2) is 5.60 Å². The predicted molar refractivity (Wildman–Crippen MR) is 147 cm³/mol. The van der Waals surface area contributed by atoms with Gasteiger partial charge in [-0.25, -0.2) is 4.79 Å². The summed E-state index contributed by atoms with van der Waals surface area (Å²) in [6.45, 7) is 9.80. The largest absolute Gasteiger partial charge is 0.497 e. The quantitative estimate of drug-likeness (QED) is 0.221. The van der Waals surface area contributed by atoms with Crippen molar-refractivity contribution in [2.24, 2.45) is 11.8 Å². The number of allylic oxidation sites excluding steroid dienone is 2. The lowest BCUT2D eigenvalue weighted by molar-refractivity contribution is -0.173. The second-order valence-electron chi connectivity index (χ2n) is 10.0. The minimum absolute atomic E-state index is 0.0692. The lowest BCUT2D eigenvalue weighted by atomic mass is 9.73. The number of carbonyl (C=O) groups excluding carboxylic acids is 1. The number of carboxylic acids is 1. The molecule has 37 heavy (non-hydrogen) atoms. The van der Waals surface area contributed by atoms with Crippen molar-refractivity contribution in [1.82, 2.24) is 4.90 Å². The molecule has 1 aromatic rings. The molecule has 0 bridgehead atoms. The van der Waals surface area contributed by atoms with Crippen molar-refractivity contribution in [1.29, 1.82) is 0 Å². The van der Waals surface area contributed by atoms with Crippen molar-refractivity contribution in [2.75, 3.05) is 33.2 Å². The van der Waals surface area contributed by atoms with Crippen LogP contribution in [-0.2, 0) is 20.8 Å². The lowest BCUT2D eigenvalue weighted by Crippen LogP contribution is -2.59. The molecule has 2 aliphatic rings. The fraction of sp³-hybridized carbons (Fsp3) is 0.586. The van der Waals surface area contributed by atoms with Crippen LogP contribution in [0.2, 0.25) is 0 Å². The normalized spacial score (nSPS) is 20.9. The lowest BCUT2D eigenvalue weighted by Gasteiger charge is -2.42. The number of aliphatic carboxylic acids is 1. The van der Waals surface area contributed by atoms with Crippen LogP contribution in [0.15, 0.2) is 49.1 Å². The molecule has 1 N–H and O–H groups in total. The highest BCUT2D eigenvalue weighted by atomic mass is 32.2. The van der Waals surface area contributed by atoms with Crippen molar-refractivity contribution in [3.63, 3.8) is 0 Å². The number of benzene rings is 1. The zero-order chi connectivity index (χ0) is 26.8. The average molecular weight is 532 g/mol. The minimum atomic E-state index is -1.52. The Kier molecular flexibility index (Phi) is 11.1. The number of amides is 1. The van der Waals surface area contributed by atoms with E-state index in [2.05, 4.69) is 13.2 Å². The number of carboxylic acid groups (broad SMARTS) is 1. The third-order valence-corrected chi connectivity index (χ3v) is 8.70. The summed E-state index contributed by atoms with van der Waals surface area (Å²) in [4.78, 5) is 27.7. The van der Waals surface area contributed by atoms with Crippen molar-refractivity contribution in [3.8, 4) is 5.75 Å². The van der Waals surface area contributed by atoms with Gasteiger partial charge in [-0.1, -0.05) is 42.1 Å². The summed E-state index contributed by atoms with van der Waals surface area (Å²) in [5, 5.41) is 10.5. The summed E-state index contributed by atoms with van der Waals surface area (Å²) in [6, 6.07) is 6.90. The molecule has 1 amide bonds. The number of hydrogen-bond donors (Lipinski definition) is 1. The molecular weight excluding hydrogens is 490 g/mol. The second-order valence-corrected chi connectivity index (χ2v) is 11.0. The molecule has 0 aliphatic carbocycles. The van der Waals surface area contributed by atoms with Crippen molar-refractivity contribution in [2.45, 2.75) is 63.1 Å². The van der Waals surface area contributed by atoms with Crippen molar-refractivity contribution >= 4 is 23.0 Å². The van der Waals surface area contributed by atoms with Gasteiger partial charge in [-0.15, -0.1) is 6.58 Å². The van der Waals surface area contributed by atoms with Crippen molar-refractivity contribution in [3.05, 3.63) is 54.6 Å². The molecule has 2 heterocycles. The van der Waals surface area contributed by atoms with Crippen LogP contribution in [0.5, 0.6) is 5.75 Å². The van der Waals surface area contributed by atoms with Crippen LogP contribution in [0.25, 0.3) is 0 Å². The molecule has 3 atom stereocenters. The highest BCUT2D eigenvalue weighted by Gasteiger charge is 2.54. The molecule has 0 radical (unpaired) electrons. The van der Waals surface area contributed by atoms with Gasteiger partial charge in [-0.3, -0.25) is 4.79 Å². The van der Waals surface area contributed by atoms with Gasteiger partial charge in [0.1, 0.15) is 5.75 Å². The number of hydrogen-bond acceptors (Lipinski definition) is 6. The monoisotopic (exact) mass is 531 g/mol. The highest BCUT2D eigenvalue weighted by Crippen LogP contribution is 2.42. The Bertz CT molecular complexity index is 929. The van der Waals surface area contributed by atoms with Crippen LogP contribution < -0.4 is 4.74 Å². The van der Waals surface area contributed by atoms with Crippen LogP contribution in [0.3, 0.4) is 0 Å². The number of nitrogens with zero attached hydrogens (tertiary/aromatic N) is 1. The van der Waals surface area contributed by atoms with Gasteiger partial charge in [0.25, 0.3) is 5.24 Å². The van der Waals surface area contributed by atoms with Gasteiger partial charge < -0.3 is 24.2 Å². The third-order valence-electron chi connectivity index (χ3n) is 7.74. The first kappa shape index (κ1) is 29.3. The first-order valence-corrected chi connectivity index (χ1v) is 14.0. The Hall–Kier alpha value is -2.29. The number of ether oxygens (including phenoxy) is 3. The smallest absolute Gasteiger partial charge is 0.338 e. The fourth-order valence-electron chi connectivity index (χ4n) is 5.56. The van der Waals surface area contributed by atoms with Crippen LogP contribution >= 0.6 is 11.8 Å². The van der Waals surface area contributed by atoms with Crippen LogP contribution in [0.1, 0.15) is 50.5 Å². The second kappa shape index (κ2) is 14.0. The van der Waals surface area contributed by atoms with E-state index in [4.69, 9.17) is 14.2 Å². The zero-order valence-electron chi connectivity index (χ0n) is 22.2. The summed E-state index contributed by atoms with van der Waals surface area (Å²) in [7, 11) is 3.07. The highest BCUT2D eigenvalue weighted by molar-refractivity contribution is 8.13. The first-order chi connectivity index (χ1) is 17.8. The Morgan fingerprint density at radius 1 is 1.30 bits per heavy atom. The molecule has 2 saturated heterocycles. The molecule has 2 aliphatic heterocycles. The van der Waals surface area contributed by atoms with E-state index in [9.17, 15) is 14.7 Å². The number of carbonyl (C=O) groups is 2. The van der Waals surface area contributed by atoms with Gasteiger partial charge in [0, 0.05) is 32.6 Å². The predicted octanol–water partition coefficient (Wildman–Crippen LogP) is 5.94. The van der Waals surface area contributed by atoms with Crippen LogP contribution in [0, 0.1) is 11.8 Å². The molecule has 204 valence electrons.